The minimum atomic E-state index is -0.893. The van der Waals surface area contributed by atoms with Gasteiger partial charge in [-0.2, -0.15) is 0 Å². The molecule has 0 bridgehead atoms. The largest absolute Gasteiger partial charge is 0.480 e. The number of carbonyl (C=O) groups is 1. The SMILES string of the molecule is C=CCn1c(CN2CC[C@@H](O)C[C@H]2C(=O)O)nc2ccccc21. The summed E-state index contributed by atoms with van der Waals surface area (Å²) in [6.45, 7) is 5.42. The highest BCUT2D eigenvalue weighted by molar-refractivity contribution is 5.76. The van der Waals surface area contributed by atoms with Crippen molar-refractivity contribution in [1.29, 1.82) is 0 Å². The summed E-state index contributed by atoms with van der Waals surface area (Å²) in [5.74, 6) is -0.0659. The van der Waals surface area contributed by atoms with Crippen molar-refractivity contribution < 1.29 is 15.0 Å². The standard InChI is InChI=1S/C17H21N3O3/c1-2-8-20-14-6-4-3-5-13(14)18-16(20)11-19-9-7-12(21)10-15(19)17(22)23/h2-6,12,15,21H,1,7-11H2,(H,22,23)/t12-,15+/m1/s1. The van der Waals surface area contributed by atoms with E-state index in [0.29, 0.717) is 26.1 Å². The van der Waals surface area contributed by atoms with Gasteiger partial charge in [0.1, 0.15) is 11.9 Å². The maximum atomic E-state index is 11.5. The fourth-order valence-electron chi connectivity index (χ4n) is 3.20. The summed E-state index contributed by atoms with van der Waals surface area (Å²) in [5, 5.41) is 19.2. The Morgan fingerprint density at radius 3 is 2.96 bits per heavy atom. The number of carboxylic acid groups (broad SMARTS) is 1. The number of aliphatic hydroxyl groups is 1. The van der Waals surface area contributed by atoms with E-state index in [9.17, 15) is 15.0 Å². The molecule has 2 atom stereocenters. The lowest BCUT2D eigenvalue weighted by atomic mass is 9.99. The fraction of sp³-hybridized carbons (Fsp3) is 0.412. The van der Waals surface area contributed by atoms with Crippen molar-refractivity contribution in [2.24, 2.45) is 0 Å². The molecule has 1 aliphatic heterocycles. The third kappa shape index (κ3) is 3.13. The number of rotatable bonds is 5. The first-order chi connectivity index (χ1) is 11.1. The third-order valence-electron chi connectivity index (χ3n) is 4.36. The van der Waals surface area contributed by atoms with Gasteiger partial charge in [0.15, 0.2) is 0 Å². The predicted molar refractivity (Wildman–Crippen MR) is 87.0 cm³/mol. The van der Waals surface area contributed by atoms with Crippen LogP contribution in [-0.4, -0.2) is 49.3 Å². The minimum absolute atomic E-state index is 0.261. The van der Waals surface area contributed by atoms with Crippen LogP contribution in [-0.2, 0) is 17.9 Å². The number of para-hydroxylation sites is 2. The topological polar surface area (TPSA) is 78.6 Å². The van der Waals surface area contributed by atoms with E-state index in [2.05, 4.69) is 16.1 Å². The van der Waals surface area contributed by atoms with E-state index in [1.165, 1.54) is 0 Å². The van der Waals surface area contributed by atoms with Gasteiger partial charge in [-0.05, 0) is 25.0 Å². The van der Waals surface area contributed by atoms with Gasteiger partial charge in [-0.1, -0.05) is 18.2 Å². The molecule has 23 heavy (non-hydrogen) atoms. The number of aliphatic hydroxyl groups excluding tert-OH is 1. The van der Waals surface area contributed by atoms with E-state index in [1.54, 1.807) is 0 Å². The Labute approximate surface area is 134 Å². The van der Waals surface area contributed by atoms with Crippen LogP contribution in [0.4, 0.5) is 0 Å². The summed E-state index contributed by atoms with van der Waals surface area (Å²) < 4.78 is 2.06. The number of imidazole rings is 1. The van der Waals surface area contributed by atoms with Crippen LogP contribution in [0.1, 0.15) is 18.7 Å². The van der Waals surface area contributed by atoms with Crippen molar-refractivity contribution in [2.45, 2.75) is 38.1 Å². The van der Waals surface area contributed by atoms with E-state index >= 15 is 0 Å². The number of hydrogen-bond donors (Lipinski definition) is 2. The van der Waals surface area contributed by atoms with Crippen LogP contribution in [0.3, 0.4) is 0 Å². The highest BCUT2D eigenvalue weighted by atomic mass is 16.4. The number of carboxylic acids is 1. The molecule has 0 radical (unpaired) electrons. The Hall–Kier alpha value is -2.18. The molecule has 2 N–H and O–H groups in total. The van der Waals surface area contributed by atoms with Crippen LogP contribution in [0, 0.1) is 0 Å². The van der Waals surface area contributed by atoms with Gasteiger partial charge in [0.05, 0.1) is 23.7 Å². The van der Waals surface area contributed by atoms with Crippen molar-refractivity contribution in [3.63, 3.8) is 0 Å². The molecule has 2 heterocycles. The molecule has 1 saturated heterocycles. The second kappa shape index (κ2) is 6.52. The Bertz CT molecular complexity index is 725. The lowest BCUT2D eigenvalue weighted by Crippen LogP contribution is -2.48. The Kier molecular flexibility index (Phi) is 4.45. The summed E-state index contributed by atoms with van der Waals surface area (Å²) in [6, 6.07) is 7.19. The zero-order chi connectivity index (χ0) is 16.4. The van der Waals surface area contributed by atoms with E-state index in [1.807, 2.05) is 35.2 Å². The Balaban J connectivity index is 1.92. The number of fused-ring (bicyclic) bond motifs is 1. The van der Waals surface area contributed by atoms with Gasteiger partial charge in [-0.3, -0.25) is 9.69 Å². The van der Waals surface area contributed by atoms with Crippen LogP contribution >= 0.6 is 0 Å². The molecule has 0 spiro atoms. The molecular weight excluding hydrogens is 294 g/mol. The summed E-state index contributed by atoms with van der Waals surface area (Å²) in [5.41, 5.74) is 1.92. The van der Waals surface area contributed by atoms with Crippen molar-refractivity contribution in [2.75, 3.05) is 6.54 Å². The number of hydrogen-bond acceptors (Lipinski definition) is 4. The number of aliphatic carboxylic acids is 1. The first-order valence-corrected chi connectivity index (χ1v) is 7.80. The third-order valence-corrected chi connectivity index (χ3v) is 4.36. The van der Waals surface area contributed by atoms with Crippen LogP contribution in [0.15, 0.2) is 36.9 Å². The Morgan fingerprint density at radius 1 is 1.43 bits per heavy atom. The zero-order valence-corrected chi connectivity index (χ0v) is 12.9. The molecule has 1 fully saturated rings. The van der Waals surface area contributed by atoms with Crippen molar-refractivity contribution in [1.82, 2.24) is 14.5 Å². The molecule has 0 saturated carbocycles. The molecule has 0 aliphatic carbocycles. The number of allylic oxidation sites excluding steroid dienone is 1. The monoisotopic (exact) mass is 315 g/mol. The van der Waals surface area contributed by atoms with Gasteiger partial charge in [-0.25, -0.2) is 4.98 Å². The molecular formula is C17H21N3O3. The lowest BCUT2D eigenvalue weighted by molar-refractivity contribution is -0.147. The molecule has 6 nitrogen and oxygen atoms in total. The van der Waals surface area contributed by atoms with Gasteiger partial charge < -0.3 is 14.8 Å². The van der Waals surface area contributed by atoms with Crippen LogP contribution in [0.5, 0.6) is 0 Å². The summed E-state index contributed by atoms with van der Waals surface area (Å²) in [7, 11) is 0. The maximum absolute atomic E-state index is 11.5. The molecule has 0 amide bonds. The molecule has 0 unspecified atom stereocenters. The van der Waals surface area contributed by atoms with Crippen molar-refractivity contribution >= 4 is 17.0 Å². The minimum Gasteiger partial charge on any atom is -0.480 e. The van der Waals surface area contributed by atoms with E-state index in [0.717, 1.165) is 16.9 Å². The molecule has 3 rings (SSSR count). The van der Waals surface area contributed by atoms with E-state index in [4.69, 9.17) is 0 Å². The zero-order valence-electron chi connectivity index (χ0n) is 12.9. The second-order valence-corrected chi connectivity index (χ2v) is 5.92. The number of aromatic nitrogens is 2. The first kappa shape index (κ1) is 15.7. The van der Waals surface area contributed by atoms with Crippen LogP contribution in [0.2, 0.25) is 0 Å². The van der Waals surface area contributed by atoms with E-state index < -0.39 is 18.1 Å². The highest BCUT2D eigenvalue weighted by Gasteiger charge is 2.33. The summed E-state index contributed by atoms with van der Waals surface area (Å²) >= 11 is 0. The number of piperidine rings is 1. The molecule has 122 valence electrons. The quantitative estimate of drug-likeness (QED) is 0.820. The van der Waals surface area contributed by atoms with Crippen molar-refractivity contribution in [3.8, 4) is 0 Å². The molecule has 1 aliphatic rings. The van der Waals surface area contributed by atoms with Crippen LogP contribution < -0.4 is 0 Å². The molecule has 1 aromatic carbocycles. The highest BCUT2D eigenvalue weighted by Crippen LogP contribution is 2.23. The normalized spacial score (nSPS) is 22.3. The van der Waals surface area contributed by atoms with Crippen LogP contribution in [0.25, 0.3) is 11.0 Å². The summed E-state index contributed by atoms with van der Waals surface area (Å²) in [4.78, 5) is 18.0. The van der Waals surface area contributed by atoms with Gasteiger partial charge in [0.25, 0.3) is 0 Å². The smallest absolute Gasteiger partial charge is 0.321 e. The molecule has 1 aromatic heterocycles. The molecule has 2 aromatic rings. The van der Waals surface area contributed by atoms with Crippen molar-refractivity contribution in [3.05, 3.63) is 42.7 Å². The predicted octanol–water partition coefficient (Wildman–Crippen LogP) is 1.63. The van der Waals surface area contributed by atoms with E-state index in [-0.39, 0.29) is 6.42 Å². The maximum Gasteiger partial charge on any atom is 0.321 e. The number of benzene rings is 1. The van der Waals surface area contributed by atoms with Gasteiger partial charge in [-0.15, -0.1) is 6.58 Å². The van der Waals surface area contributed by atoms with Gasteiger partial charge in [0.2, 0.25) is 0 Å². The first-order valence-electron chi connectivity index (χ1n) is 7.80. The van der Waals surface area contributed by atoms with Gasteiger partial charge >= 0.3 is 5.97 Å². The number of nitrogens with zero attached hydrogens (tertiary/aromatic N) is 3. The number of likely N-dealkylation sites (tertiary alicyclic amines) is 1. The van der Waals surface area contributed by atoms with Gasteiger partial charge in [0, 0.05) is 13.1 Å². The summed E-state index contributed by atoms with van der Waals surface area (Å²) in [6.07, 6.45) is 2.12. The average molecular weight is 315 g/mol. The fourth-order valence-corrected chi connectivity index (χ4v) is 3.20. The Morgan fingerprint density at radius 2 is 2.22 bits per heavy atom. The average Bonchev–Trinajstić information content (AvgIpc) is 2.87. The molecule has 6 heteroatoms. The second-order valence-electron chi connectivity index (χ2n) is 5.92. The lowest BCUT2D eigenvalue weighted by Gasteiger charge is -2.35.